The first-order valence-corrected chi connectivity index (χ1v) is 8.31. The third-order valence-electron chi connectivity index (χ3n) is 3.32. The highest BCUT2D eigenvalue weighted by atomic mass is 79.9. The van der Waals surface area contributed by atoms with Gasteiger partial charge in [0.2, 0.25) is 0 Å². The molecule has 0 spiro atoms. The molecule has 0 fully saturated rings. The quantitative estimate of drug-likeness (QED) is 0.818. The third kappa shape index (κ3) is 3.24. The van der Waals surface area contributed by atoms with Crippen molar-refractivity contribution in [3.8, 4) is 5.75 Å². The number of carbonyl (C=O) groups is 1. The summed E-state index contributed by atoms with van der Waals surface area (Å²) in [5.41, 5.74) is 2.73. The number of carboxylic acids is 1. The summed E-state index contributed by atoms with van der Waals surface area (Å²) in [5.74, 6) is 0.909. The van der Waals surface area contributed by atoms with Gasteiger partial charge < -0.3 is 9.84 Å². The zero-order valence-corrected chi connectivity index (χ0v) is 13.5. The maximum absolute atomic E-state index is 10.8. The van der Waals surface area contributed by atoms with Crippen LogP contribution in [0.4, 0.5) is 0 Å². The van der Waals surface area contributed by atoms with Crippen LogP contribution in [0, 0.1) is 0 Å². The van der Waals surface area contributed by atoms with Crippen molar-refractivity contribution in [2.45, 2.75) is 17.1 Å². The molecule has 0 unspecified atom stereocenters. The Kier molecular flexibility index (Phi) is 4.22. The van der Waals surface area contributed by atoms with E-state index < -0.39 is 5.97 Å². The van der Waals surface area contributed by atoms with Gasteiger partial charge in [0, 0.05) is 27.1 Å². The van der Waals surface area contributed by atoms with E-state index in [2.05, 4.69) is 28.1 Å². The van der Waals surface area contributed by atoms with Crippen LogP contribution in [0.25, 0.3) is 0 Å². The largest absolute Gasteiger partial charge is 0.493 e. The topological polar surface area (TPSA) is 46.5 Å². The van der Waals surface area contributed by atoms with Gasteiger partial charge in [0.15, 0.2) is 0 Å². The van der Waals surface area contributed by atoms with Crippen molar-refractivity contribution in [2.24, 2.45) is 0 Å². The lowest BCUT2D eigenvalue weighted by Crippen LogP contribution is -1.95. The van der Waals surface area contributed by atoms with Gasteiger partial charge in [0.05, 0.1) is 12.2 Å². The normalized spacial score (nSPS) is 12.8. The van der Waals surface area contributed by atoms with E-state index in [4.69, 9.17) is 9.84 Å². The lowest BCUT2D eigenvalue weighted by atomic mass is 10.1. The summed E-state index contributed by atoms with van der Waals surface area (Å²) in [6.45, 7) is 0.747. The molecule has 0 bridgehead atoms. The number of hydrogen-bond acceptors (Lipinski definition) is 3. The van der Waals surface area contributed by atoms with E-state index in [9.17, 15) is 4.79 Å². The molecule has 1 heterocycles. The number of carboxylic acid groups (broad SMARTS) is 1. The lowest BCUT2D eigenvalue weighted by molar-refractivity contribution is 0.0697. The van der Waals surface area contributed by atoms with Gasteiger partial charge >= 0.3 is 5.97 Å². The van der Waals surface area contributed by atoms with E-state index >= 15 is 0 Å². The van der Waals surface area contributed by atoms with Crippen molar-refractivity contribution in [2.75, 3.05) is 6.61 Å². The average molecular weight is 365 g/mol. The molecule has 0 aromatic heterocycles. The molecule has 0 radical (unpaired) electrons. The van der Waals surface area contributed by atoms with Crippen molar-refractivity contribution in [3.63, 3.8) is 0 Å². The van der Waals surface area contributed by atoms with Gasteiger partial charge in [-0.25, -0.2) is 4.79 Å². The van der Waals surface area contributed by atoms with E-state index in [-0.39, 0.29) is 0 Å². The van der Waals surface area contributed by atoms with Crippen LogP contribution in [0.3, 0.4) is 0 Å². The predicted molar refractivity (Wildman–Crippen MR) is 86.3 cm³/mol. The number of thioether (sulfide) groups is 1. The van der Waals surface area contributed by atoms with Crippen molar-refractivity contribution < 1.29 is 14.6 Å². The van der Waals surface area contributed by atoms with Gasteiger partial charge in [-0.05, 0) is 42.0 Å². The third-order valence-corrected chi connectivity index (χ3v) is 4.84. The van der Waals surface area contributed by atoms with Gasteiger partial charge in [-0.1, -0.05) is 15.9 Å². The van der Waals surface area contributed by atoms with Crippen LogP contribution < -0.4 is 4.74 Å². The lowest BCUT2D eigenvalue weighted by Gasteiger charge is -2.09. The Hall–Kier alpha value is -1.46. The summed E-state index contributed by atoms with van der Waals surface area (Å²) in [4.78, 5) is 11.9. The number of ether oxygens (including phenoxy) is 1. The zero-order chi connectivity index (χ0) is 14.8. The summed E-state index contributed by atoms with van der Waals surface area (Å²) < 4.78 is 6.78. The first-order chi connectivity index (χ1) is 10.1. The highest BCUT2D eigenvalue weighted by molar-refractivity contribution is 9.10. The Balaban J connectivity index is 1.75. The molecule has 1 aliphatic rings. The fourth-order valence-electron chi connectivity index (χ4n) is 2.31. The van der Waals surface area contributed by atoms with E-state index in [1.54, 1.807) is 23.9 Å². The highest BCUT2D eigenvalue weighted by Crippen LogP contribution is 2.36. The summed E-state index contributed by atoms with van der Waals surface area (Å²) in [6, 6.07) is 11.1. The zero-order valence-electron chi connectivity index (χ0n) is 11.1. The maximum Gasteiger partial charge on any atom is 0.335 e. The molecule has 0 aliphatic carbocycles. The van der Waals surface area contributed by atoms with E-state index in [0.717, 1.165) is 33.9 Å². The number of fused-ring (bicyclic) bond motifs is 1. The maximum atomic E-state index is 10.8. The summed E-state index contributed by atoms with van der Waals surface area (Å²) in [5, 5.41) is 8.89. The molecule has 1 aliphatic heterocycles. The molecular weight excluding hydrogens is 352 g/mol. The second-order valence-corrected chi connectivity index (χ2v) is 6.73. The van der Waals surface area contributed by atoms with Crippen LogP contribution in [0.5, 0.6) is 5.75 Å². The molecule has 2 aromatic rings. The Morgan fingerprint density at radius 3 is 2.76 bits per heavy atom. The molecule has 0 saturated carbocycles. The van der Waals surface area contributed by atoms with Crippen molar-refractivity contribution in [3.05, 3.63) is 57.6 Å². The number of aromatic carboxylic acids is 1. The van der Waals surface area contributed by atoms with Crippen LogP contribution in [-0.4, -0.2) is 17.7 Å². The smallest absolute Gasteiger partial charge is 0.335 e. The van der Waals surface area contributed by atoms with Crippen molar-refractivity contribution in [1.29, 1.82) is 0 Å². The van der Waals surface area contributed by atoms with E-state index in [1.165, 1.54) is 11.1 Å². The predicted octanol–water partition coefficient (Wildman–Crippen LogP) is 4.37. The van der Waals surface area contributed by atoms with Gasteiger partial charge in [0.25, 0.3) is 0 Å². The average Bonchev–Trinajstić information content (AvgIpc) is 2.93. The number of hydrogen-bond donors (Lipinski definition) is 1. The molecule has 0 atom stereocenters. The Morgan fingerprint density at radius 2 is 2.05 bits per heavy atom. The molecule has 108 valence electrons. The van der Waals surface area contributed by atoms with E-state index in [1.807, 2.05) is 12.1 Å². The minimum Gasteiger partial charge on any atom is -0.493 e. The molecule has 3 rings (SSSR count). The summed E-state index contributed by atoms with van der Waals surface area (Å²) in [7, 11) is 0. The second-order valence-electron chi connectivity index (χ2n) is 4.77. The Morgan fingerprint density at radius 1 is 1.29 bits per heavy atom. The Bertz CT molecular complexity index is 683. The molecule has 2 aromatic carbocycles. The molecular formula is C16H13BrO3S. The molecule has 0 saturated heterocycles. The Labute approximate surface area is 135 Å². The fraction of sp³-hybridized carbons (Fsp3) is 0.188. The SMILES string of the molecule is O=C(O)c1ccc(SCc2cc(Br)cc3c2OCC3)cc1. The molecule has 21 heavy (non-hydrogen) atoms. The monoisotopic (exact) mass is 364 g/mol. The summed E-state index contributed by atoms with van der Waals surface area (Å²) in [6.07, 6.45) is 0.958. The molecule has 1 N–H and O–H groups in total. The van der Waals surface area contributed by atoms with Crippen molar-refractivity contribution in [1.82, 2.24) is 0 Å². The standard InChI is InChI=1S/C16H13BrO3S/c17-13-7-11-5-6-20-15(11)12(8-13)9-21-14-3-1-10(2-4-14)16(18)19/h1-4,7-8H,5-6,9H2,(H,18,19). The first-order valence-electron chi connectivity index (χ1n) is 6.54. The second kappa shape index (κ2) is 6.12. The number of benzene rings is 2. The van der Waals surface area contributed by atoms with Crippen LogP contribution in [0.1, 0.15) is 21.5 Å². The minimum absolute atomic E-state index is 0.311. The van der Waals surface area contributed by atoms with Gasteiger partial charge in [-0.15, -0.1) is 11.8 Å². The fourth-order valence-corrected chi connectivity index (χ4v) is 3.73. The molecule has 3 nitrogen and oxygen atoms in total. The highest BCUT2D eigenvalue weighted by Gasteiger charge is 2.17. The first kappa shape index (κ1) is 14.5. The molecule has 0 amide bonds. The van der Waals surface area contributed by atoms with Crippen molar-refractivity contribution >= 4 is 33.7 Å². The number of halogens is 1. The van der Waals surface area contributed by atoms with Crippen LogP contribution in [-0.2, 0) is 12.2 Å². The van der Waals surface area contributed by atoms with Crippen LogP contribution >= 0.6 is 27.7 Å². The molecule has 5 heteroatoms. The minimum atomic E-state index is -0.898. The van der Waals surface area contributed by atoms with Gasteiger partial charge in [0.1, 0.15) is 5.75 Å². The van der Waals surface area contributed by atoms with E-state index in [0.29, 0.717) is 5.56 Å². The van der Waals surface area contributed by atoms with Crippen LogP contribution in [0.15, 0.2) is 45.8 Å². The van der Waals surface area contributed by atoms with Crippen LogP contribution in [0.2, 0.25) is 0 Å². The number of rotatable bonds is 4. The summed E-state index contributed by atoms with van der Waals surface area (Å²) >= 11 is 5.21. The van der Waals surface area contributed by atoms with Gasteiger partial charge in [-0.3, -0.25) is 0 Å². The van der Waals surface area contributed by atoms with Gasteiger partial charge in [-0.2, -0.15) is 0 Å².